The van der Waals surface area contributed by atoms with Crippen LogP contribution >= 0.6 is 0 Å². The lowest BCUT2D eigenvalue weighted by Gasteiger charge is -2.19. The maximum absolute atomic E-state index is 12.3. The number of carboxylic acid groups (broad SMARTS) is 1. The summed E-state index contributed by atoms with van der Waals surface area (Å²) in [5, 5.41) is 14.9. The Labute approximate surface area is 153 Å². The molecule has 5 nitrogen and oxygen atoms in total. The van der Waals surface area contributed by atoms with Gasteiger partial charge in [-0.1, -0.05) is 60.7 Å². The van der Waals surface area contributed by atoms with Crippen LogP contribution in [0.1, 0.15) is 36.3 Å². The summed E-state index contributed by atoms with van der Waals surface area (Å²) >= 11 is 0. The molecule has 0 aromatic heterocycles. The van der Waals surface area contributed by atoms with Crippen LogP contribution in [0, 0.1) is 0 Å². The number of carbonyl (C=O) groups is 2. The van der Waals surface area contributed by atoms with Crippen molar-refractivity contribution in [3.8, 4) is 0 Å². The lowest BCUT2D eigenvalue weighted by Crippen LogP contribution is -2.44. The van der Waals surface area contributed by atoms with E-state index in [0.717, 1.165) is 12.0 Å². The molecule has 136 valence electrons. The van der Waals surface area contributed by atoms with Crippen LogP contribution < -0.4 is 10.6 Å². The summed E-state index contributed by atoms with van der Waals surface area (Å²) in [7, 11) is 0. The van der Waals surface area contributed by atoms with Crippen LogP contribution in [0.3, 0.4) is 0 Å². The van der Waals surface area contributed by atoms with Gasteiger partial charge in [0.1, 0.15) is 0 Å². The second-order valence-electron chi connectivity index (χ2n) is 6.80. The van der Waals surface area contributed by atoms with Crippen LogP contribution in [0.15, 0.2) is 60.7 Å². The van der Waals surface area contributed by atoms with Crippen molar-refractivity contribution >= 4 is 12.0 Å². The third kappa shape index (κ3) is 5.34. The van der Waals surface area contributed by atoms with Gasteiger partial charge in [-0.15, -0.1) is 0 Å². The van der Waals surface area contributed by atoms with Crippen LogP contribution in [-0.4, -0.2) is 29.2 Å². The van der Waals surface area contributed by atoms with E-state index in [1.165, 1.54) is 5.56 Å². The minimum atomic E-state index is -0.850. The Kier molecular flexibility index (Phi) is 5.89. The topological polar surface area (TPSA) is 78.4 Å². The molecule has 1 fully saturated rings. The van der Waals surface area contributed by atoms with Crippen LogP contribution in [0.4, 0.5) is 4.79 Å². The van der Waals surface area contributed by atoms with E-state index in [9.17, 15) is 9.59 Å². The van der Waals surface area contributed by atoms with Gasteiger partial charge in [-0.3, -0.25) is 4.79 Å². The Morgan fingerprint density at radius 2 is 1.69 bits per heavy atom. The van der Waals surface area contributed by atoms with Crippen molar-refractivity contribution in [2.45, 2.75) is 43.7 Å². The van der Waals surface area contributed by atoms with Crippen LogP contribution in [0.2, 0.25) is 0 Å². The summed E-state index contributed by atoms with van der Waals surface area (Å²) in [5.41, 5.74) is 2.32. The minimum Gasteiger partial charge on any atom is -0.481 e. The fraction of sp³-hybridized carbons (Fsp3) is 0.333. The predicted molar refractivity (Wildman–Crippen MR) is 100 cm³/mol. The van der Waals surface area contributed by atoms with Gasteiger partial charge in [0, 0.05) is 24.4 Å². The SMILES string of the molecule is O=C(O)CCC(Cc1ccccc1)NC(=O)NC1CC1c1ccccc1. The average Bonchev–Trinajstić information content (AvgIpc) is 3.40. The molecule has 2 aromatic carbocycles. The predicted octanol–water partition coefficient (Wildman–Crippen LogP) is 3.32. The summed E-state index contributed by atoms with van der Waals surface area (Å²) in [6, 6.07) is 19.7. The van der Waals surface area contributed by atoms with Crippen molar-refractivity contribution in [3.63, 3.8) is 0 Å². The Balaban J connectivity index is 1.52. The molecule has 0 bridgehead atoms. The second-order valence-corrected chi connectivity index (χ2v) is 6.80. The second kappa shape index (κ2) is 8.52. The maximum Gasteiger partial charge on any atom is 0.315 e. The van der Waals surface area contributed by atoms with Gasteiger partial charge in [-0.05, 0) is 30.4 Å². The van der Waals surface area contributed by atoms with E-state index in [1.54, 1.807) is 0 Å². The lowest BCUT2D eigenvalue weighted by atomic mass is 10.0. The molecule has 2 amide bonds. The van der Waals surface area contributed by atoms with E-state index in [0.29, 0.717) is 18.8 Å². The molecular weight excluding hydrogens is 328 g/mol. The molecule has 1 aliphatic carbocycles. The summed E-state index contributed by atoms with van der Waals surface area (Å²) in [6.45, 7) is 0. The molecule has 0 spiro atoms. The quantitative estimate of drug-likeness (QED) is 0.682. The molecule has 3 atom stereocenters. The summed E-state index contributed by atoms with van der Waals surface area (Å²) < 4.78 is 0. The van der Waals surface area contributed by atoms with E-state index in [1.807, 2.05) is 48.5 Å². The number of rotatable bonds is 8. The van der Waals surface area contributed by atoms with Crippen molar-refractivity contribution < 1.29 is 14.7 Å². The first-order valence-corrected chi connectivity index (χ1v) is 8.99. The zero-order chi connectivity index (χ0) is 18.4. The van der Waals surface area contributed by atoms with E-state index in [4.69, 9.17) is 5.11 Å². The van der Waals surface area contributed by atoms with Crippen LogP contribution in [-0.2, 0) is 11.2 Å². The molecule has 0 radical (unpaired) electrons. The van der Waals surface area contributed by atoms with Crippen molar-refractivity contribution in [3.05, 3.63) is 71.8 Å². The van der Waals surface area contributed by atoms with Gasteiger partial charge in [0.15, 0.2) is 0 Å². The zero-order valence-corrected chi connectivity index (χ0v) is 14.6. The number of amides is 2. The smallest absolute Gasteiger partial charge is 0.315 e. The van der Waals surface area contributed by atoms with Crippen molar-refractivity contribution in [2.24, 2.45) is 0 Å². The number of hydrogen-bond donors (Lipinski definition) is 3. The summed E-state index contributed by atoms with van der Waals surface area (Å²) in [6.07, 6.45) is 2.00. The van der Waals surface area contributed by atoms with Crippen LogP contribution in [0.5, 0.6) is 0 Å². The van der Waals surface area contributed by atoms with E-state index < -0.39 is 5.97 Å². The molecule has 3 N–H and O–H groups in total. The Morgan fingerprint density at radius 3 is 2.35 bits per heavy atom. The first-order chi connectivity index (χ1) is 12.6. The van der Waals surface area contributed by atoms with Gasteiger partial charge < -0.3 is 15.7 Å². The highest BCUT2D eigenvalue weighted by atomic mass is 16.4. The molecular formula is C21H24N2O3. The number of carboxylic acids is 1. The minimum absolute atomic E-state index is 0.0356. The summed E-state index contributed by atoms with van der Waals surface area (Å²) in [4.78, 5) is 23.2. The summed E-state index contributed by atoms with van der Waals surface area (Å²) in [5.74, 6) is -0.481. The number of hydrogen-bond acceptors (Lipinski definition) is 2. The fourth-order valence-corrected chi connectivity index (χ4v) is 3.24. The molecule has 1 saturated carbocycles. The molecule has 0 saturated heterocycles. The number of benzene rings is 2. The highest BCUT2D eigenvalue weighted by molar-refractivity contribution is 5.75. The molecule has 1 aliphatic rings. The highest BCUT2D eigenvalue weighted by Gasteiger charge is 2.39. The Morgan fingerprint density at radius 1 is 1.04 bits per heavy atom. The molecule has 0 aliphatic heterocycles. The number of aliphatic carboxylic acids is 1. The maximum atomic E-state index is 12.3. The van der Waals surface area contributed by atoms with E-state index in [-0.39, 0.29) is 24.5 Å². The third-order valence-electron chi connectivity index (χ3n) is 4.70. The lowest BCUT2D eigenvalue weighted by molar-refractivity contribution is -0.137. The van der Waals surface area contributed by atoms with Crippen LogP contribution in [0.25, 0.3) is 0 Å². The van der Waals surface area contributed by atoms with E-state index in [2.05, 4.69) is 22.8 Å². The fourth-order valence-electron chi connectivity index (χ4n) is 3.24. The van der Waals surface area contributed by atoms with Gasteiger partial charge in [-0.25, -0.2) is 4.79 Å². The monoisotopic (exact) mass is 352 g/mol. The van der Waals surface area contributed by atoms with Gasteiger partial charge in [0.2, 0.25) is 0 Å². The van der Waals surface area contributed by atoms with Gasteiger partial charge in [0.05, 0.1) is 0 Å². The Hall–Kier alpha value is -2.82. The standard InChI is InChI=1S/C21H24N2O3/c24-20(25)12-11-17(13-15-7-3-1-4-8-15)22-21(26)23-19-14-18(19)16-9-5-2-6-10-16/h1-10,17-19H,11-14H2,(H,24,25)(H2,22,23,26). The largest absolute Gasteiger partial charge is 0.481 e. The van der Waals surface area contributed by atoms with Crippen molar-refractivity contribution in [2.75, 3.05) is 0 Å². The van der Waals surface area contributed by atoms with Crippen molar-refractivity contribution in [1.82, 2.24) is 10.6 Å². The molecule has 3 rings (SSSR count). The number of nitrogens with one attached hydrogen (secondary N) is 2. The zero-order valence-electron chi connectivity index (χ0n) is 14.6. The molecule has 3 unspecified atom stereocenters. The average molecular weight is 352 g/mol. The Bertz CT molecular complexity index is 733. The van der Waals surface area contributed by atoms with Gasteiger partial charge in [0.25, 0.3) is 0 Å². The molecule has 2 aromatic rings. The molecule has 0 heterocycles. The molecule has 5 heteroatoms. The normalized spacial score (nSPS) is 19.4. The van der Waals surface area contributed by atoms with E-state index >= 15 is 0 Å². The number of carbonyl (C=O) groups excluding carboxylic acids is 1. The molecule has 26 heavy (non-hydrogen) atoms. The highest BCUT2D eigenvalue weighted by Crippen LogP contribution is 2.40. The third-order valence-corrected chi connectivity index (χ3v) is 4.70. The van der Waals surface area contributed by atoms with Crippen molar-refractivity contribution in [1.29, 1.82) is 0 Å². The number of urea groups is 1. The van der Waals surface area contributed by atoms with Gasteiger partial charge >= 0.3 is 12.0 Å². The first-order valence-electron chi connectivity index (χ1n) is 8.99. The first kappa shape index (κ1) is 18.0. The van der Waals surface area contributed by atoms with Gasteiger partial charge in [-0.2, -0.15) is 0 Å².